The Morgan fingerprint density at radius 3 is 2.34 bits per heavy atom. The Bertz CT molecular complexity index is 1470. The highest BCUT2D eigenvalue weighted by molar-refractivity contribution is 5.81. The second-order valence-electron chi connectivity index (χ2n) is 7.47. The summed E-state index contributed by atoms with van der Waals surface area (Å²) >= 11 is 0. The molecule has 0 fully saturated rings. The van der Waals surface area contributed by atoms with E-state index in [4.69, 9.17) is 19.2 Å². The van der Waals surface area contributed by atoms with E-state index in [0.29, 0.717) is 46.6 Å². The van der Waals surface area contributed by atoms with Crippen molar-refractivity contribution in [3.05, 3.63) is 54.5 Å². The monoisotopic (exact) mass is 473 g/mol. The van der Waals surface area contributed by atoms with Crippen LogP contribution in [-0.2, 0) is 0 Å². The van der Waals surface area contributed by atoms with E-state index in [1.807, 2.05) is 37.3 Å². The summed E-state index contributed by atoms with van der Waals surface area (Å²) in [6.07, 6.45) is 1.43. The molecule has 0 spiro atoms. The summed E-state index contributed by atoms with van der Waals surface area (Å²) in [7, 11) is 4.67. The van der Waals surface area contributed by atoms with Crippen LogP contribution in [0.15, 0.2) is 48.8 Å². The normalized spacial score (nSPS) is 10.9. The van der Waals surface area contributed by atoms with Gasteiger partial charge >= 0.3 is 0 Å². The zero-order valence-electron chi connectivity index (χ0n) is 19.5. The molecule has 2 aromatic carbocycles. The van der Waals surface area contributed by atoms with E-state index in [9.17, 15) is 0 Å². The number of imidazole rings is 1. The molecule has 0 amide bonds. The molecular weight excluding hydrogens is 450 g/mol. The number of para-hydroxylation sites is 2. The van der Waals surface area contributed by atoms with Gasteiger partial charge in [0.1, 0.15) is 6.33 Å². The Morgan fingerprint density at radius 2 is 1.66 bits per heavy atom. The number of hydrogen-bond acceptors (Lipinski definition) is 10. The second-order valence-corrected chi connectivity index (χ2v) is 7.47. The first-order valence-corrected chi connectivity index (χ1v) is 10.6. The van der Waals surface area contributed by atoms with Crippen molar-refractivity contribution in [1.82, 2.24) is 34.7 Å². The molecule has 0 bridgehead atoms. The number of nitrogens with one attached hydrogen (secondary N) is 3. The van der Waals surface area contributed by atoms with Gasteiger partial charge in [0.05, 0.1) is 32.4 Å². The van der Waals surface area contributed by atoms with Gasteiger partial charge in [-0.25, -0.2) is 19.5 Å². The van der Waals surface area contributed by atoms with Crippen molar-refractivity contribution in [2.75, 3.05) is 32.0 Å². The summed E-state index contributed by atoms with van der Waals surface area (Å²) in [4.78, 5) is 18.0. The van der Waals surface area contributed by atoms with Gasteiger partial charge in [0.2, 0.25) is 23.6 Å². The molecule has 5 aromatic rings. The lowest BCUT2D eigenvalue weighted by Crippen LogP contribution is -2.08. The number of anilines is 4. The van der Waals surface area contributed by atoms with Crippen LogP contribution in [0.5, 0.6) is 17.2 Å². The lowest BCUT2D eigenvalue weighted by molar-refractivity contribution is 0.324. The Labute approximate surface area is 200 Å². The fourth-order valence-electron chi connectivity index (χ4n) is 3.65. The number of rotatable bonds is 8. The zero-order valence-corrected chi connectivity index (χ0v) is 19.5. The van der Waals surface area contributed by atoms with Crippen LogP contribution in [0.1, 0.15) is 5.69 Å². The lowest BCUT2D eigenvalue weighted by atomic mass is 10.2. The number of aryl methyl sites for hydroxylation is 1. The summed E-state index contributed by atoms with van der Waals surface area (Å²) in [6, 6.07) is 13.1. The maximum absolute atomic E-state index is 5.43. The van der Waals surface area contributed by atoms with Gasteiger partial charge in [-0.15, -0.1) is 0 Å². The number of hydrogen-bond donors (Lipinski definition) is 3. The van der Waals surface area contributed by atoms with Crippen LogP contribution in [0, 0.1) is 6.92 Å². The predicted octanol–water partition coefficient (Wildman–Crippen LogP) is 3.76. The van der Waals surface area contributed by atoms with Gasteiger partial charge < -0.3 is 24.8 Å². The number of H-pyrrole nitrogens is 1. The predicted molar refractivity (Wildman–Crippen MR) is 130 cm³/mol. The van der Waals surface area contributed by atoms with Gasteiger partial charge in [0, 0.05) is 29.6 Å². The zero-order chi connectivity index (χ0) is 24.4. The first-order chi connectivity index (χ1) is 17.1. The van der Waals surface area contributed by atoms with Crippen LogP contribution in [0.25, 0.3) is 17.0 Å². The van der Waals surface area contributed by atoms with E-state index < -0.39 is 0 Å². The van der Waals surface area contributed by atoms with Gasteiger partial charge in [-0.2, -0.15) is 10.1 Å². The van der Waals surface area contributed by atoms with Crippen LogP contribution in [-0.4, -0.2) is 56.0 Å². The van der Waals surface area contributed by atoms with E-state index in [1.165, 1.54) is 6.33 Å². The Morgan fingerprint density at radius 1 is 0.886 bits per heavy atom. The van der Waals surface area contributed by atoms with Gasteiger partial charge in [-0.3, -0.25) is 5.10 Å². The molecule has 3 heterocycles. The maximum Gasteiger partial charge on any atom is 0.241 e. The van der Waals surface area contributed by atoms with Gasteiger partial charge in [0.25, 0.3) is 0 Å². The molecule has 3 aromatic heterocycles. The molecule has 0 aliphatic heterocycles. The highest BCUT2D eigenvalue weighted by Gasteiger charge is 2.17. The van der Waals surface area contributed by atoms with Crippen LogP contribution < -0.4 is 24.8 Å². The van der Waals surface area contributed by atoms with Crippen molar-refractivity contribution in [2.45, 2.75) is 6.92 Å². The minimum atomic E-state index is 0.323. The molecule has 5 rings (SSSR count). The average molecular weight is 473 g/mol. The molecule has 0 atom stereocenters. The third-order valence-corrected chi connectivity index (χ3v) is 5.19. The topological polar surface area (TPSA) is 137 Å². The van der Waals surface area contributed by atoms with Crippen molar-refractivity contribution < 1.29 is 14.2 Å². The Hall–Kier alpha value is -4.87. The molecule has 0 saturated carbocycles. The number of aromatic amines is 1. The summed E-state index contributed by atoms with van der Waals surface area (Å²) in [5.41, 5.74) is 3.18. The van der Waals surface area contributed by atoms with Crippen LogP contribution in [0.3, 0.4) is 0 Å². The fraction of sp³-hybridized carbons (Fsp3) is 0.174. The maximum atomic E-state index is 5.43. The van der Waals surface area contributed by atoms with E-state index in [0.717, 1.165) is 16.7 Å². The summed E-state index contributed by atoms with van der Waals surface area (Å²) in [6.45, 7) is 1.92. The van der Waals surface area contributed by atoms with E-state index in [1.54, 1.807) is 38.0 Å². The highest BCUT2D eigenvalue weighted by Crippen LogP contribution is 2.40. The number of benzene rings is 2. The van der Waals surface area contributed by atoms with Gasteiger partial charge in [-0.1, -0.05) is 12.1 Å². The molecule has 0 aliphatic carbocycles. The molecule has 35 heavy (non-hydrogen) atoms. The summed E-state index contributed by atoms with van der Waals surface area (Å²) in [5.74, 6) is 3.34. The number of nitrogens with zero attached hydrogens (tertiary/aromatic N) is 6. The first kappa shape index (κ1) is 21.9. The highest BCUT2D eigenvalue weighted by atomic mass is 16.5. The van der Waals surface area contributed by atoms with Crippen molar-refractivity contribution >= 4 is 34.4 Å². The molecule has 12 nitrogen and oxygen atoms in total. The number of methoxy groups -OCH3 is 3. The van der Waals surface area contributed by atoms with Gasteiger partial charge in [0.15, 0.2) is 17.3 Å². The fourth-order valence-corrected chi connectivity index (χ4v) is 3.65. The van der Waals surface area contributed by atoms with Crippen molar-refractivity contribution in [1.29, 1.82) is 0 Å². The molecule has 0 radical (unpaired) electrons. The molecule has 3 N–H and O–H groups in total. The Balaban J connectivity index is 1.54. The Kier molecular flexibility index (Phi) is 5.75. The first-order valence-electron chi connectivity index (χ1n) is 10.6. The number of ether oxygens (including phenoxy) is 3. The van der Waals surface area contributed by atoms with E-state index in [2.05, 4.69) is 35.8 Å². The minimum Gasteiger partial charge on any atom is -0.493 e. The van der Waals surface area contributed by atoms with E-state index >= 15 is 0 Å². The van der Waals surface area contributed by atoms with Crippen LogP contribution in [0.2, 0.25) is 0 Å². The van der Waals surface area contributed by atoms with Crippen LogP contribution in [0.4, 0.5) is 23.4 Å². The molecule has 12 heteroatoms. The van der Waals surface area contributed by atoms with Crippen molar-refractivity contribution in [2.24, 2.45) is 0 Å². The summed E-state index contributed by atoms with van der Waals surface area (Å²) < 4.78 is 18.1. The quantitative estimate of drug-likeness (QED) is 0.305. The third kappa shape index (κ3) is 4.24. The molecule has 0 unspecified atom stereocenters. The number of aromatic nitrogens is 7. The number of fused-ring (bicyclic) bond motifs is 1. The minimum absolute atomic E-state index is 0.323. The summed E-state index contributed by atoms with van der Waals surface area (Å²) in [5, 5.41) is 13.6. The molecule has 0 aliphatic rings. The average Bonchev–Trinajstić information content (AvgIpc) is 3.45. The van der Waals surface area contributed by atoms with Gasteiger partial charge in [-0.05, 0) is 19.1 Å². The third-order valence-electron chi connectivity index (χ3n) is 5.19. The SMILES string of the molecule is COc1cc(Nc2ncnc(-n3c(Nc4cc(C)[nH]n4)nc4ccccc43)n2)cc(OC)c1OC. The van der Waals surface area contributed by atoms with Crippen molar-refractivity contribution in [3.8, 4) is 23.2 Å². The second kappa shape index (κ2) is 9.17. The molecule has 0 saturated heterocycles. The smallest absolute Gasteiger partial charge is 0.241 e. The largest absolute Gasteiger partial charge is 0.493 e. The van der Waals surface area contributed by atoms with E-state index in [-0.39, 0.29) is 0 Å². The van der Waals surface area contributed by atoms with Crippen molar-refractivity contribution in [3.63, 3.8) is 0 Å². The molecular formula is C23H23N9O3. The molecule has 178 valence electrons. The standard InChI is InChI=1S/C23H23N9O3/c1-13-9-19(31-30-13)28-23-27-15-7-5-6-8-16(15)32(23)22-25-12-24-21(29-22)26-14-10-17(33-2)20(35-4)18(11-14)34-3/h5-12H,1-4H3,(H,24,25,26,29)(H2,27,28,30,31). The lowest BCUT2D eigenvalue weighted by Gasteiger charge is -2.15. The van der Waals surface area contributed by atoms with Crippen LogP contribution >= 0.6 is 0 Å².